The molecule has 0 radical (unpaired) electrons. The maximum atomic E-state index is 12.3. The molecule has 4 aromatic rings. The van der Waals surface area contributed by atoms with Crippen LogP contribution in [0.5, 0.6) is 5.75 Å². The minimum atomic E-state index is -0.358. The molecule has 0 fully saturated rings. The second-order valence-corrected chi connectivity index (χ2v) is 6.17. The van der Waals surface area contributed by atoms with Crippen LogP contribution in [0.1, 0.15) is 15.9 Å². The summed E-state index contributed by atoms with van der Waals surface area (Å²) in [5.74, 6) is -0.258. The van der Waals surface area contributed by atoms with Crippen molar-refractivity contribution < 1.29 is 9.90 Å². The van der Waals surface area contributed by atoms with Crippen LogP contribution in [0.25, 0.3) is 21.8 Å². The van der Waals surface area contributed by atoms with Crippen LogP contribution >= 0.6 is 12.2 Å². The lowest BCUT2D eigenvalue weighted by molar-refractivity contribution is 0.0955. The molecular weight excluding hydrogens is 348 g/mol. The van der Waals surface area contributed by atoms with Crippen molar-refractivity contribution in [1.82, 2.24) is 15.4 Å². The fourth-order valence-electron chi connectivity index (χ4n) is 2.81. The van der Waals surface area contributed by atoms with E-state index in [1.165, 1.54) is 6.21 Å². The van der Waals surface area contributed by atoms with Gasteiger partial charge in [0.15, 0.2) is 4.77 Å². The maximum Gasteiger partial charge on any atom is 0.271 e. The molecule has 1 amide bonds. The van der Waals surface area contributed by atoms with Crippen molar-refractivity contribution in [2.75, 3.05) is 0 Å². The quantitative estimate of drug-likeness (QED) is 0.253. The minimum absolute atomic E-state index is 0.100. The van der Waals surface area contributed by atoms with Crippen molar-refractivity contribution in [2.24, 2.45) is 5.10 Å². The Hall–Kier alpha value is -3.45. The van der Waals surface area contributed by atoms with E-state index in [0.717, 1.165) is 21.8 Å². The molecule has 0 saturated heterocycles. The third kappa shape index (κ3) is 2.96. The van der Waals surface area contributed by atoms with Gasteiger partial charge >= 0.3 is 0 Å². The summed E-state index contributed by atoms with van der Waals surface area (Å²) in [6, 6.07) is 16.2. The number of hydrogen-bond acceptors (Lipinski definition) is 4. The van der Waals surface area contributed by atoms with E-state index >= 15 is 0 Å². The van der Waals surface area contributed by atoms with Crippen molar-refractivity contribution >= 4 is 46.1 Å². The molecule has 0 aliphatic rings. The fourth-order valence-corrected chi connectivity index (χ4v) is 3.03. The van der Waals surface area contributed by atoms with Gasteiger partial charge in [-0.25, -0.2) is 5.43 Å². The molecule has 3 aromatic carbocycles. The molecular formula is C19H14N4O2S. The highest BCUT2D eigenvalue weighted by Crippen LogP contribution is 2.25. The highest BCUT2D eigenvalue weighted by Gasteiger charge is 2.07. The Morgan fingerprint density at radius 2 is 1.88 bits per heavy atom. The standard InChI is InChI=1S/C19H14N4O2S/c24-17-8-6-11-3-1-2-4-13(11)14(17)10-20-23-18(25)12-5-7-15-16(9-12)22-19(26)21-15/h1-10,24H,(H,23,25)(H2,21,22,26)/b20-10-. The first-order valence-electron chi connectivity index (χ1n) is 7.88. The Kier molecular flexibility index (Phi) is 3.98. The molecule has 6 nitrogen and oxygen atoms in total. The maximum absolute atomic E-state index is 12.3. The summed E-state index contributed by atoms with van der Waals surface area (Å²) < 4.78 is 0.502. The SMILES string of the molecule is O=C(N/N=C\c1c(O)ccc2ccccc12)c1ccc2[nH]c(=S)[nH]c2c1. The number of aromatic amines is 2. The highest BCUT2D eigenvalue weighted by atomic mass is 32.1. The first kappa shape index (κ1) is 16.0. The molecule has 4 rings (SSSR count). The Labute approximate surface area is 153 Å². The third-order valence-electron chi connectivity index (χ3n) is 4.09. The zero-order chi connectivity index (χ0) is 18.1. The van der Waals surface area contributed by atoms with Gasteiger partial charge in [0.1, 0.15) is 5.75 Å². The zero-order valence-corrected chi connectivity index (χ0v) is 14.3. The first-order valence-corrected chi connectivity index (χ1v) is 8.29. The molecule has 4 N–H and O–H groups in total. The molecule has 7 heteroatoms. The second kappa shape index (κ2) is 6.45. The van der Waals surface area contributed by atoms with E-state index in [0.29, 0.717) is 15.9 Å². The van der Waals surface area contributed by atoms with Crippen molar-refractivity contribution in [3.8, 4) is 5.75 Å². The van der Waals surface area contributed by atoms with E-state index < -0.39 is 0 Å². The highest BCUT2D eigenvalue weighted by molar-refractivity contribution is 7.71. The zero-order valence-electron chi connectivity index (χ0n) is 13.5. The predicted octanol–water partition coefficient (Wildman–Crippen LogP) is 3.85. The average Bonchev–Trinajstić information content (AvgIpc) is 3.02. The number of fused-ring (bicyclic) bond motifs is 2. The van der Waals surface area contributed by atoms with Crippen molar-refractivity contribution in [3.63, 3.8) is 0 Å². The van der Waals surface area contributed by atoms with Crippen molar-refractivity contribution in [1.29, 1.82) is 0 Å². The number of phenols is 1. The largest absolute Gasteiger partial charge is 0.507 e. The van der Waals surface area contributed by atoms with Crippen molar-refractivity contribution in [3.05, 3.63) is 70.5 Å². The van der Waals surface area contributed by atoms with Crippen LogP contribution in [0.2, 0.25) is 0 Å². The summed E-state index contributed by atoms with van der Waals surface area (Å²) in [7, 11) is 0. The predicted molar refractivity (Wildman–Crippen MR) is 104 cm³/mol. The molecule has 0 unspecified atom stereocenters. The average molecular weight is 362 g/mol. The normalized spacial score (nSPS) is 11.4. The molecule has 26 heavy (non-hydrogen) atoms. The number of H-pyrrole nitrogens is 2. The third-order valence-corrected chi connectivity index (χ3v) is 4.29. The van der Waals surface area contributed by atoms with Gasteiger partial charge in [0.25, 0.3) is 5.91 Å². The van der Waals surface area contributed by atoms with E-state index in [1.54, 1.807) is 24.3 Å². The first-order chi connectivity index (χ1) is 12.6. The lowest BCUT2D eigenvalue weighted by Gasteiger charge is -2.05. The number of nitrogens with one attached hydrogen (secondary N) is 3. The van der Waals surface area contributed by atoms with Gasteiger partial charge in [-0.15, -0.1) is 0 Å². The van der Waals surface area contributed by atoms with Gasteiger partial charge in [-0.3, -0.25) is 4.79 Å². The van der Waals surface area contributed by atoms with E-state index in [9.17, 15) is 9.90 Å². The number of benzene rings is 3. The van der Waals surface area contributed by atoms with Crippen LogP contribution in [0.4, 0.5) is 0 Å². The van der Waals surface area contributed by atoms with Gasteiger partial charge < -0.3 is 15.1 Å². The number of aromatic hydroxyl groups is 1. The molecule has 0 aliphatic carbocycles. The molecule has 0 bridgehead atoms. The van der Waals surface area contributed by atoms with Gasteiger partial charge in [-0.05, 0) is 47.3 Å². The lowest BCUT2D eigenvalue weighted by atomic mass is 10.0. The molecule has 0 spiro atoms. The van der Waals surface area contributed by atoms with E-state index in [2.05, 4.69) is 20.5 Å². The number of hydrogen-bond donors (Lipinski definition) is 4. The number of amides is 1. The number of phenolic OH excluding ortho intramolecular Hbond substituents is 1. The summed E-state index contributed by atoms with van der Waals surface area (Å²) >= 11 is 5.04. The number of imidazole rings is 1. The van der Waals surface area contributed by atoms with Crippen LogP contribution in [0, 0.1) is 4.77 Å². The van der Waals surface area contributed by atoms with Crippen LogP contribution in [0.3, 0.4) is 0 Å². The van der Waals surface area contributed by atoms with Gasteiger partial charge in [-0.1, -0.05) is 30.3 Å². The summed E-state index contributed by atoms with van der Waals surface area (Å²) in [4.78, 5) is 18.3. The number of carbonyl (C=O) groups excluding carboxylic acids is 1. The second-order valence-electron chi connectivity index (χ2n) is 5.76. The Morgan fingerprint density at radius 1 is 1.08 bits per heavy atom. The number of rotatable bonds is 3. The van der Waals surface area contributed by atoms with Crippen LogP contribution in [-0.2, 0) is 0 Å². The lowest BCUT2D eigenvalue weighted by Crippen LogP contribution is -2.17. The smallest absolute Gasteiger partial charge is 0.271 e. The molecule has 0 aliphatic heterocycles. The van der Waals surface area contributed by atoms with Gasteiger partial charge in [-0.2, -0.15) is 5.10 Å². The Balaban J connectivity index is 1.59. The minimum Gasteiger partial charge on any atom is -0.507 e. The summed E-state index contributed by atoms with van der Waals surface area (Å²) in [6.45, 7) is 0. The number of nitrogens with zero attached hydrogens (tertiary/aromatic N) is 1. The summed E-state index contributed by atoms with van der Waals surface area (Å²) in [6.07, 6.45) is 1.44. The topological polar surface area (TPSA) is 93.3 Å². The van der Waals surface area contributed by atoms with Gasteiger partial charge in [0.2, 0.25) is 0 Å². The van der Waals surface area contributed by atoms with E-state index in [4.69, 9.17) is 12.2 Å². The fraction of sp³-hybridized carbons (Fsp3) is 0. The number of hydrazone groups is 1. The van der Waals surface area contributed by atoms with E-state index in [1.807, 2.05) is 30.3 Å². The van der Waals surface area contributed by atoms with Crippen LogP contribution in [-0.4, -0.2) is 27.2 Å². The van der Waals surface area contributed by atoms with Crippen molar-refractivity contribution in [2.45, 2.75) is 0 Å². The molecule has 1 heterocycles. The Morgan fingerprint density at radius 3 is 2.77 bits per heavy atom. The monoisotopic (exact) mass is 362 g/mol. The van der Waals surface area contributed by atoms with Gasteiger partial charge in [0, 0.05) is 11.1 Å². The van der Waals surface area contributed by atoms with Gasteiger partial charge in [0.05, 0.1) is 17.2 Å². The molecule has 128 valence electrons. The summed E-state index contributed by atoms with van der Waals surface area (Å²) in [5, 5.41) is 15.9. The van der Waals surface area contributed by atoms with Crippen LogP contribution < -0.4 is 5.43 Å². The molecule has 0 saturated carbocycles. The van der Waals surface area contributed by atoms with Crippen LogP contribution in [0.15, 0.2) is 59.7 Å². The Bertz CT molecular complexity index is 1220. The summed E-state index contributed by atoms with van der Waals surface area (Å²) in [5.41, 5.74) is 5.05. The molecule has 1 aromatic heterocycles. The molecule has 0 atom stereocenters. The van der Waals surface area contributed by atoms with E-state index in [-0.39, 0.29) is 11.7 Å². The number of carbonyl (C=O) groups is 1. The number of aromatic nitrogens is 2.